The molecule has 2 N–H and O–H groups in total. The van der Waals surface area contributed by atoms with Crippen LogP contribution in [-0.2, 0) is 23.8 Å². The Morgan fingerprint density at radius 1 is 1.42 bits per heavy atom. The zero-order chi connectivity index (χ0) is 17.9. The molecule has 0 bridgehead atoms. The Morgan fingerprint density at radius 3 is 2.71 bits per heavy atom. The number of carboxylic acids is 1. The van der Waals surface area contributed by atoms with Crippen molar-refractivity contribution in [3.8, 4) is 0 Å². The molecule has 0 saturated heterocycles. The van der Waals surface area contributed by atoms with Crippen molar-refractivity contribution < 1.29 is 32.3 Å². The first-order valence-electron chi connectivity index (χ1n) is 6.77. The minimum absolute atomic E-state index is 0.0334. The Morgan fingerprint density at radius 2 is 2.12 bits per heavy atom. The van der Waals surface area contributed by atoms with Gasteiger partial charge >= 0.3 is 12.1 Å². The Balaban J connectivity index is 1.95. The summed E-state index contributed by atoms with van der Waals surface area (Å²) in [5.74, 6) is -1.64. The molecule has 0 aromatic carbocycles. The van der Waals surface area contributed by atoms with Crippen molar-refractivity contribution in [3.63, 3.8) is 0 Å². The smallest absolute Gasteiger partial charge is 0.434 e. The molecule has 0 radical (unpaired) electrons. The lowest BCUT2D eigenvalue weighted by molar-refractivity contribution is -0.141. The molecule has 6 nitrogen and oxygen atoms in total. The standard InChI is InChI=1S/C14H13F3N2O4S/c1-7-5-23-8(4-11(20)21)12(7)13(22)18-3-2-10-19-9(6-24-10)14(15,16)17/h5-6H,2-4H2,1H3,(H,18,22)(H,20,21). The van der Waals surface area contributed by atoms with Gasteiger partial charge in [0.1, 0.15) is 12.2 Å². The second-order valence-electron chi connectivity index (χ2n) is 4.92. The summed E-state index contributed by atoms with van der Waals surface area (Å²) in [4.78, 5) is 26.3. The van der Waals surface area contributed by atoms with Crippen molar-refractivity contribution in [2.75, 3.05) is 6.54 Å². The Labute approximate surface area is 138 Å². The van der Waals surface area contributed by atoms with Crippen LogP contribution in [0, 0.1) is 6.92 Å². The fourth-order valence-corrected chi connectivity index (χ4v) is 2.80. The molecule has 2 aromatic heterocycles. The van der Waals surface area contributed by atoms with Gasteiger partial charge in [-0.2, -0.15) is 13.2 Å². The molecule has 0 saturated carbocycles. The lowest BCUT2D eigenvalue weighted by Crippen LogP contribution is -2.27. The van der Waals surface area contributed by atoms with Crippen molar-refractivity contribution in [2.24, 2.45) is 0 Å². The highest BCUT2D eigenvalue weighted by Gasteiger charge is 2.33. The highest BCUT2D eigenvalue weighted by molar-refractivity contribution is 7.09. The summed E-state index contributed by atoms with van der Waals surface area (Å²) in [5, 5.41) is 12.5. The first-order chi connectivity index (χ1) is 11.2. The summed E-state index contributed by atoms with van der Waals surface area (Å²) in [6.07, 6.45) is -3.50. The molecule has 2 aromatic rings. The Bertz CT molecular complexity index is 752. The average molecular weight is 362 g/mol. The van der Waals surface area contributed by atoms with Crippen molar-refractivity contribution in [1.29, 1.82) is 0 Å². The van der Waals surface area contributed by atoms with E-state index < -0.39 is 30.2 Å². The highest BCUT2D eigenvalue weighted by atomic mass is 32.1. The van der Waals surface area contributed by atoms with Gasteiger partial charge < -0.3 is 14.8 Å². The summed E-state index contributed by atoms with van der Waals surface area (Å²) in [7, 11) is 0. The van der Waals surface area contributed by atoms with Gasteiger partial charge in [-0.25, -0.2) is 4.98 Å². The van der Waals surface area contributed by atoms with Crippen molar-refractivity contribution in [3.05, 3.63) is 39.2 Å². The van der Waals surface area contributed by atoms with Crippen molar-refractivity contribution in [1.82, 2.24) is 10.3 Å². The SMILES string of the molecule is Cc1coc(CC(=O)O)c1C(=O)NCCc1nc(C(F)(F)F)cs1. The van der Waals surface area contributed by atoms with E-state index in [1.807, 2.05) is 0 Å². The van der Waals surface area contributed by atoms with E-state index in [0.29, 0.717) is 5.56 Å². The number of aryl methyl sites for hydroxylation is 1. The molecule has 0 aliphatic rings. The van der Waals surface area contributed by atoms with Crippen LogP contribution in [0.15, 0.2) is 16.1 Å². The van der Waals surface area contributed by atoms with E-state index in [-0.39, 0.29) is 29.3 Å². The van der Waals surface area contributed by atoms with Gasteiger partial charge in [-0.15, -0.1) is 11.3 Å². The number of carboxylic acid groups (broad SMARTS) is 1. The number of carbonyl (C=O) groups is 2. The van der Waals surface area contributed by atoms with Crippen LogP contribution >= 0.6 is 11.3 Å². The average Bonchev–Trinajstić information content (AvgIpc) is 3.05. The van der Waals surface area contributed by atoms with Crippen molar-refractivity contribution >= 4 is 23.2 Å². The van der Waals surface area contributed by atoms with Gasteiger partial charge in [0.25, 0.3) is 5.91 Å². The number of alkyl halides is 3. The molecule has 1 amide bonds. The molecule has 2 heterocycles. The molecule has 2 rings (SSSR count). The minimum atomic E-state index is -4.49. The van der Waals surface area contributed by atoms with Gasteiger partial charge in [0.05, 0.1) is 16.8 Å². The number of aliphatic carboxylic acids is 1. The third kappa shape index (κ3) is 4.34. The lowest BCUT2D eigenvalue weighted by Gasteiger charge is -2.05. The topological polar surface area (TPSA) is 92.4 Å². The van der Waals surface area contributed by atoms with Crippen LogP contribution in [0.5, 0.6) is 0 Å². The Hall–Kier alpha value is -2.36. The number of hydrogen-bond donors (Lipinski definition) is 2. The molecule has 10 heteroatoms. The number of nitrogens with one attached hydrogen (secondary N) is 1. The van der Waals surface area contributed by atoms with E-state index in [1.165, 1.54) is 6.26 Å². The van der Waals surface area contributed by atoms with Crippen LogP contribution in [-0.4, -0.2) is 28.5 Å². The van der Waals surface area contributed by atoms with E-state index in [1.54, 1.807) is 6.92 Å². The van der Waals surface area contributed by atoms with Crippen LogP contribution in [0.3, 0.4) is 0 Å². The van der Waals surface area contributed by atoms with Crippen LogP contribution in [0.4, 0.5) is 13.2 Å². The number of thiazole rings is 1. The zero-order valence-corrected chi connectivity index (χ0v) is 13.3. The number of furan rings is 1. The van der Waals surface area contributed by atoms with Crippen LogP contribution in [0.1, 0.15) is 32.4 Å². The largest absolute Gasteiger partial charge is 0.481 e. The number of rotatable bonds is 6. The maximum absolute atomic E-state index is 12.4. The quantitative estimate of drug-likeness (QED) is 0.824. The number of amides is 1. The molecule has 24 heavy (non-hydrogen) atoms. The zero-order valence-electron chi connectivity index (χ0n) is 12.4. The number of nitrogens with zero attached hydrogens (tertiary/aromatic N) is 1. The second kappa shape index (κ2) is 7.04. The molecule has 0 unspecified atom stereocenters. The molecular formula is C14H13F3N2O4S. The second-order valence-corrected chi connectivity index (χ2v) is 5.86. The highest BCUT2D eigenvalue weighted by Crippen LogP contribution is 2.30. The van der Waals surface area contributed by atoms with Gasteiger partial charge in [0.2, 0.25) is 0 Å². The third-order valence-electron chi connectivity index (χ3n) is 3.06. The molecule has 0 aliphatic carbocycles. The predicted octanol–water partition coefficient (Wildman–Crippen LogP) is 2.66. The number of hydrogen-bond acceptors (Lipinski definition) is 5. The molecular weight excluding hydrogens is 349 g/mol. The van der Waals surface area contributed by atoms with Gasteiger partial charge in [-0.1, -0.05) is 0 Å². The molecule has 0 fully saturated rings. The lowest BCUT2D eigenvalue weighted by atomic mass is 10.1. The normalized spacial score (nSPS) is 11.5. The maximum Gasteiger partial charge on any atom is 0.434 e. The summed E-state index contributed by atoms with van der Waals surface area (Å²) in [6, 6.07) is 0. The van der Waals surface area contributed by atoms with E-state index >= 15 is 0 Å². The van der Waals surface area contributed by atoms with Gasteiger partial charge in [0.15, 0.2) is 5.69 Å². The van der Waals surface area contributed by atoms with Crippen LogP contribution in [0.2, 0.25) is 0 Å². The summed E-state index contributed by atoms with van der Waals surface area (Å²) >= 11 is 0.862. The third-order valence-corrected chi connectivity index (χ3v) is 3.97. The van der Waals surface area contributed by atoms with E-state index in [0.717, 1.165) is 16.7 Å². The summed E-state index contributed by atoms with van der Waals surface area (Å²) in [6.45, 7) is 1.67. The molecule has 0 spiro atoms. The van der Waals surface area contributed by atoms with Crippen molar-refractivity contribution in [2.45, 2.75) is 25.9 Å². The van der Waals surface area contributed by atoms with E-state index in [2.05, 4.69) is 10.3 Å². The predicted molar refractivity (Wildman–Crippen MR) is 77.9 cm³/mol. The number of halogens is 3. The first kappa shape index (κ1) is 18.0. The number of aromatic nitrogens is 1. The fourth-order valence-electron chi connectivity index (χ4n) is 2.00. The number of carbonyl (C=O) groups excluding carboxylic acids is 1. The minimum Gasteiger partial charge on any atom is -0.481 e. The molecule has 0 aliphatic heterocycles. The monoisotopic (exact) mass is 362 g/mol. The summed E-state index contributed by atoms with van der Waals surface area (Å²) < 4.78 is 42.4. The maximum atomic E-state index is 12.4. The van der Waals surface area contributed by atoms with Crippen LogP contribution < -0.4 is 5.32 Å². The molecule has 130 valence electrons. The van der Waals surface area contributed by atoms with Crippen LogP contribution in [0.25, 0.3) is 0 Å². The van der Waals surface area contributed by atoms with Gasteiger partial charge in [-0.3, -0.25) is 9.59 Å². The van der Waals surface area contributed by atoms with E-state index in [4.69, 9.17) is 9.52 Å². The Kier molecular flexibility index (Phi) is 5.27. The molecule has 0 atom stereocenters. The summed E-state index contributed by atoms with van der Waals surface area (Å²) in [5.41, 5.74) is -0.340. The van der Waals surface area contributed by atoms with E-state index in [9.17, 15) is 22.8 Å². The van der Waals surface area contributed by atoms with Gasteiger partial charge in [-0.05, 0) is 6.92 Å². The fraction of sp³-hybridized carbons (Fsp3) is 0.357. The first-order valence-corrected chi connectivity index (χ1v) is 7.65. The van der Waals surface area contributed by atoms with Gasteiger partial charge in [0, 0.05) is 23.9 Å².